The Morgan fingerprint density at radius 2 is 2.14 bits per heavy atom. The molecule has 1 aliphatic carbocycles. The lowest BCUT2D eigenvalue weighted by Crippen LogP contribution is -2.45. The summed E-state index contributed by atoms with van der Waals surface area (Å²) in [4.78, 5) is 14.8. The maximum atomic E-state index is 12.4. The normalized spacial score (nSPS) is 24.3. The summed E-state index contributed by atoms with van der Waals surface area (Å²) in [7, 11) is 2.14. The van der Waals surface area contributed by atoms with Crippen molar-refractivity contribution in [2.45, 2.75) is 38.3 Å². The maximum Gasteiger partial charge on any atom is 0.225 e. The quantitative estimate of drug-likeness (QED) is 0.869. The summed E-state index contributed by atoms with van der Waals surface area (Å²) in [5.74, 6) is 0.194. The van der Waals surface area contributed by atoms with Crippen molar-refractivity contribution in [2.75, 3.05) is 25.5 Å². The maximum absolute atomic E-state index is 12.4. The van der Waals surface area contributed by atoms with Crippen molar-refractivity contribution in [2.24, 2.45) is 5.92 Å². The third-order valence-corrected chi connectivity index (χ3v) is 4.71. The molecule has 2 N–H and O–H groups in total. The Hall–Kier alpha value is -1.55. The Morgan fingerprint density at radius 1 is 1.38 bits per heavy atom. The van der Waals surface area contributed by atoms with E-state index in [0.29, 0.717) is 0 Å². The highest BCUT2D eigenvalue weighted by Crippen LogP contribution is 2.28. The molecule has 0 spiro atoms. The van der Waals surface area contributed by atoms with E-state index in [0.717, 1.165) is 25.6 Å². The number of anilines is 1. The van der Waals surface area contributed by atoms with Crippen molar-refractivity contribution in [1.29, 1.82) is 0 Å². The van der Waals surface area contributed by atoms with E-state index in [-0.39, 0.29) is 17.9 Å². The largest absolute Gasteiger partial charge is 0.382 e. The predicted octanol–water partition coefficient (Wildman–Crippen LogP) is 1.87. The molecule has 1 aromatic rings. The van der Waals surface area contributed by atoms with Crippen molar-refractivity contribution < 1.29 is 4.79 Å². The van der Waals surface area contributed by atoms with Crippen molar-refractivity contribution in [1.82, 2.24) is 10.2 Å². The highest BCUT2D eigenvalue weighted by Gasteiger charge is 2.30. The highest BCUT2D eigenvalue weighted by molar-refractivity contribution is 5.81. The first-order valence-electron chi connectivity index (χ1n) is 7.97. The molecule has 1 aromatic carbocycles. The second kappa shape index (κ2) is 6.06. The van der Waals surface area contributed by atoms with Gasteiger partial charge in [0.25, 0.3) is 0 Å². The van der Waals surface area contributed by atoms with E-state index in [2.05, 4.69) is 41.6 Å². The molecular formula is C17H25N3O. The van der Waals surface area contributed by atoms with Crippen LogP contribution >= 0.6 is 0 Å². The number of hydrogen-bond acceptors (Lipinski definition) is 3. The summed E-state index contributed by atoms with van der Waals surface area (Å²) in [6, 6.07) is 9.20. The lowest BCUT2D eigenvalue weighted by atomic mass is 9.87. The molecule has 4 nitrogen and oxygen atoms in total. The van der Waals surface area contributed by atoms with E-state index >= 15 is 0 Å². The van der Waals surface area contributed by atoms with E-state index in [1.165, 1.54) is 24.1 Å². The fraction of sp³-hybridized carbons (Fsp3) is 0.588. The van der Waals surface area contributed by atoms with Crippen LogP contribution in [0, 0.1) is 5.92 Å². The third-order valence-electron chi connectivity index (χ3n) is 4.71. The minimum atomic E-state index is 0.0196. The molecule has 1 fully saturated rings. The van der Waals surface area contributed by atoms with E-state index in [4.69, 9.17) is 0 Å². The van der Waals surface area contributed by atoms with Crippen LogP contribution in [-0.4, -0.2) is 43.0 Å². The molecule has 0 aromatic heterocycles. The molecule has 114 valence electrons. The average molecular weight is 287 g/mol. The van der Waals surface area contributed by atoms with Gasteiger partial charge in [-0.05, 0) is 44.9 Å². The van der Waals surface area contributed by atoms with Gasteiger partial charge >= 0.3 is 0 Å². The minimum Gasteiger partial charge on any atom is -0.382 e. The number of nitrogens with zero attached hydrogens (tertiary/aromatic N) is 1. The van der Waals surface area contributed by atoms with Crippen molar-refractivity contribution >= 4 is 11.6 Å². The van der Waals surface area contributed by atoms with Gasteiger partial charge in [0.15, 0.2) is 0 Å². The van der Waals surface area contributed by atoms with Crippen molar-refractivity contribution in [3.63, 3.8) is 0 Å². The Balaban J connectivity index is 1.52. The van der Waals surface area contributed by atoms with Gasteiger partial charge in [-0.2, -0.15) is 0 Å². The van der Waals surface area contributed by atoms with Crippen LogP contribution in [0.15, 0.2) is 24.3 Å². The third kappa shape index (κ3) is 3.38. The van der Waals surface area contributed by atoms with E-state index in [1.54, 1.807) is 0 Å². The van der Waals surface area contributed by atoms with Crippen LogP contribution in [0.1, 0.15) is 25.3 Å². The molecule has 0 saturated heterocycles. The molecule has 4 heteroatoms. The number of amides is 1. The molecule has 2 atom stereocenters. The molecule has 0 bridgehead atoms. The molecule has 1 amide bonds. The topological polar surface area (TPSA) is 44.4 Å². The molecule has 0 radical (unpaired) electrons. The number of hydrogen-bond donors (Lipinski definition) is 2. The Labute approximate surface area is 126 Å². The molecule has 3 rings (SSSR count). The van der Waals surface area contributed by atoms with Crippen LogP contribution in [0.2, 0.25) is 0 Å². The number of carbonyl (C=O) groups excluding carboxylic acids is 1. The van der Waals surface area contributed by atoms with Gasteiger partial charge in [0.1, 0.15) is 0 Å². The summed E-state index contributed by atoms with van der Waals surface area (Å²) in [6.45, 7) is 3.79. The van der Waals surface area contributed by atoms with Gasteiger partial charge in [0.05, 0.1) is 5.92 Å². The average Bonchev–Trinajstić information content (AvgIpc) is 3.31. The highest BCUT2D eigenvalue weighted by atomic mass is 16.1. The van der Waals surface area contributed by atoms with Gasteiger partial charge in [-0.15, -0.1) is 0 Å². The first kappa shape index (κ1) is 14.4. The summed E-state index contributed by atoms with van der Waals surface area (Å²) in [6.07, 6.45) is 3.45. The predicted molar refractivity (Wildman–Crippen MR) is 85.4 cm³/mol. The van der Waals surface area contributed by atoms with Crippen molar-refractivity contribution in [3.8, 4) is 0 Å². The molecular weight excluding hydrogens is 262 g/mol. The number of carbonyl (C=O) groups is 1. The number of rotatable bonds is 5. The van der Waals surface area contributed by atoms with E-state index in [1.807, 2.05) is 12.1 Å². The number of likely N-dealkylation sites (N-methyl/N-ethyl adjacent to an activating group) is 1. The van der Waals surface area contributed by atoms with Crippen LogP contribution in [0.5, 0.6) is 0 Å². The van der Waals surface area contributed by atoms with Gasteiger partial charge in [-0.1, -0.05) is 18.2 Å². The fourth-order valence-electron chi connectivity index (χ4n) is 3.10. The van der Waals surface area contributed by atoms with E-state index in [9.17, 15) is 4.79 Å². The Kier molecular flexibility index (Phi) is 4.15. The summed E-state index contributed by atoms with van der Waals surface area (Å²) in [5, 5.41) is 6.55. The standard InChI is InChI=1S/C17H25N3O/c1-12-15(11-13-5-3-4-6-16(13)19-12)17(21)18-9-10-20(2)14-7-8-14/h3-6,12,14-15,19H,7-11H2,1-2H3,(H,18,21). The van der Waals surface area contributed by atoms with Gasteiger partial charge in [-0.3, -0.25) is 4.79 Å². The van der Waals surface area contributed by atoms with Crippen molar-refractivity contribution in [3.05, 3.63) is 29.8 Å². The summed E-state index contributed by atoms with van der Waals surface area (Å²) >= 11 is 0. The second-order valence-electron chi connectivity index (χ2n) is 6.40. The molecule has 2 unspecified atom stereocenters. The first-order chi connectivity index (χ1) is 10.1. The van der Waals surface area contributed by atoms with Gasteiger partial charge in [-0.25, -0.2) is 0 Å². The van der Waals surface area contributed by atoms with Gasteiger partial charge < -0.3 is 15.5 Å². The molecule has 1 aliphatic heterocycles. The molecule has 1 saturated carbocycles. The van der Waals surface area contributed by atoms with Crippen LogP contribution < -0.4 is 10.6 Å². The fourth-order valence-corrected chi connectivity index (χ4v) is 3.10. The number of fused-ring (bicyclic) bond motifs is 1. The number of para-hydroxylation sites is 1. The Morgan fingerprint density at radius 3 is 2.90 bits per heavy atom. The van der Waals surface area contributed by atoms with Crippen LogP contribution in [0.4, 0.5) is 5.69 Å². The van der Waals surface area contributed by atoms with Gasteiger partial charge in [0, 0.05) is 30.9 Å². The molecule has 2 aliphatic rings. The minimum absolute atomic E-state index is 0.0196. The molecule has 21 heavy (non-hydrogen) atoms. The number of benzene rings is 1. The zero-order valence-electron chi connectivity index (χ0n) is 12.9. The zero-order chi connectivity index (χ0) is 14.8. The van der Waals surface area contributed by atoms with E-state index < -0.39 is 0 Å². The lowest BCUT2D eigenvalue weighted by molar-refractivity contribution is -0.125. The first-order valence-corrected chi connectivity index (χ1v) is 7.97. The second-order valence-corrected chi connectivity index (χ2v) is 6.40. The summed E-state index contributed by atoms with van der Waals surface area (Å²) in [5.41, 5.74) is 2.41. The molecule has 1 heterocycles. The van der Waals surface area contributed by atoms with Crippen LogP contribution in [0.25, 0.3) is 0 Å². The number of nitrogens with one attached hydrogen (secondary N) is 2. The lowest BCUT2D eigenvalue weighted by Gasteiger charge is -2.31. The van der Waals surface area contributed by atoms with Gasteiger partial charge in [0.2, 0.25) is 5.91 Å². The Bertz CT molecular complexity index is 513. The van der Waals surface area contributed by atoms with Crippen LogP contribution in [-0.2, 0) is 11.2 Å². The smallest absolute Gasteiger partial charge is 0.225 e. The summed E-state index contributed by atoms with van der Waals surface area (Å²) < 4.78 is 0. The zero-order valence-corrected chi connectivity index (χ0v) is 12.9. The SMILES string of the molecule is CC1Nc2ccccc2CC1C(=O)NCCN(C)C1CC1. The van der Waals surface area contributed by atoms with Crippen LogP contribution in [0.3, 0.4) is 0 Å². The monoisotopic (exact) mass is 287 g/mol.